The molecule has 4 heteroatoms. The Labute approximate surface area is 102 Å². The van der Waals surface area contributed by atoms with Crippen molar-refractivity contribution in [2.75, 3.05) is 25.1 Å². The summed E-state index contributed by atoms with van der Waals surface area (Å²) >= 11 is 1.89. The summed E-state index contributed by atoms with van der Waals surface area (Å²) in [5.74, 6) is 1.36. The van der Waals surface area contributed by atoms with E-state index >= 15 is 0 Å². The molecule has 16 heavy (non-hydrogen) atoms. The molecular weight excluding hydrogens is 222 g/mol. The molecule has 1 rings (SSSR count). The first-order valence-electron chi connectivity index (χ1n) is 6.02. The van der Waals surface area contributed by atoms with Crippen molar-refractivity contribution in [3.05, 3.63) is 0 Å². The number of rotatable bonds is 7. The van der Waals surface area contributed by atoms with Crippen LogP contribution in [0.4, 0.5) is 0 Å². The maximum atomic E-state index is 11.5. The summed E-state index contributed by atoms with van der Waals surface area (Å²) in [5, 5.41) is 0. The molecule has 0 atom stereocenters. The van der Waals surface area contributed by atoms with Gasteiger partial charge in [-0.3, -0.25) is 9.59 Å². The summed E-state index contributed by atoms with van der Waals surface area (Å²) in [7, 11) is 0. The Morgan fingerprint density at radius 3 is 2.62 bits per heavy atom. The zero-order valence-corrected chi connectivity index (χ0v) is 10.9. The molecule has 0 bridgehead atoms. The number of ketones is 1. The third-order valence-corrected chi connectivity index (χ3v) is 3.59. The van der Waals surface area contributed by atoms with Gasteiger partial charge in [0, 0.05) is 19.5 Å². The lowest BCUT2D eigenvalue weighted by Gasteiger charge is -2.25. The van der Waals surface area contributed by atoms with E-state index < -0.39 is 0 Å². The predicted octanol–water partition coefficient (Wildman–Crippen LogP) is 2.10. The van der Waals surface area contributed by atoms with Crippen molar-refractivity contribution in [2.24, 2.45) is 0 Å². The standard InChI is InChI=1S/C12H21NO2S/c1-16-9-5-3-2-4-7-13-8-6-11(14)10-12(13)15/h2-10H2,1H3. The molecular formula is C12H21NO2S. The number of hydrogen-bond donors (Lipinski definition) is 0. The van der Waals surface area contributed by atoms with Crippen LogP contribution in [0, 0.1) is 0 Å². The lowest BCUT2D eigenvalue weighted by Crippen LogP contribution is -2.39. The van der Waals surface area contributed by atoms with Gasteiger partial charge >= 0.3 is 0 Å². The number of piperidine rings is 1. The average Bonchev–Trinajstić information content (AvgIpc) is 2.26. The van der Waals surface area contributed by atoms with E-state index in [0.717, 1.165) is 13.0 Å². The molecule has 1 aliphatic rings. The van der Waals surface area contributed by atoms with Crippen LogP contribution >= 0.6 is 11.8 Å². The fourth-order valence-electron chi connectivity index (χ4n) is 1.89. The van der Waals surface area contributed by atoms with Gasteiger partial charge in [-0.1, -0.05) is 12.8 Å². The first kappa shape index (κ1) is 13.6. The number of Topliss-reactive ketones (excluding diaryl/α,β-unsaturated/α-hetero) is 1. The van der Waals surface area contributed by atoms with Crippen LogP contribution in [0.5, 0.6) is 0 Å². The predicted molar refractivity (Wildman–Crippen MR) is 67.7 cm³/mol. The highest BCUT2D eigenvalue weighted by atomic mass is 32.2. The van der Waals surface area contributed by atoms with Crippen LogP contribution < -0.4 is 0 Å². The number of hydrogen-bond acceptors (Lipinski definition) is 3. The van der Waals surface area contributed by atoms with Gasteiger partial charge in [0.1, 0.15) is 5.78 Å². The van der Waals surface area contributed by atoms with E-state index in [1.165, 1.54) is 25.0 Å². The maximum Gasteiger partial charge on any atom is 0.230 e. The van der Waals surface area contributed by atoms with Crippen molar-refractivity contribution in [1.82, 2.24) is 4.90 Å². The second-order valence-electron chi connectivity index (χ2n) is 4.25. The van der Waals surface area contributed by atoms with Gasteiger partial charge in [-0.15, -0.1) is 0 Å². The van der Waals surface area contributed by atoms with Crippen LogP contribution in [0.3, 0.4) is 0 Å². The van der Waals surface area contributed by atoms with Crippen LogP contribution in [0.15, 0.2) is 0 Å². The lowest BCUT2D eigenvalue weighted by atomic mass is 10.1. The highest BCUT2D eigenvalue weighted by Crippen LogP contribution is 2.10. The van der Waals surface area contributed by atoms with Gasteiger partial charge < -0.3 is 4.90 Å². The Kier molecular flexibility index (Phi) is 6.53. The van der Waals surface area contributed by atoms with Crippen LogP contribution in [-0.2, 0) is 9.59 Å². The fraction of sp³-hybridized carbons (Fsp3) is 0.833. The highest BCUT2D eigenvalue weighted by Gasteiger charge is 2.22. The maximum absolute atomic E-state index is 11.5. The topological polar surface area (TPSA) is 37.4 Å². The fourth-order valence-corrected chi connectivity index (χ4v) is 2.39. The van der Waals surface area contributed by atoms with Gasteiger partial charge in [0.25, 0.3) is 0 Å². The zero-order valence-electron chi connectivity index (χ0n) is 10.0. The third-order valence-electron chi connectivity index (χ3n) is 2.89. The van der Waals surface area contributed by atoms with Crippen molar-refractivity contribution in [3.63, 3.8) is 0 Å². The molecule has 1 saturated heterocycles. The molecule has 1 fully saturated rings. The van der Waals surface area contributed by atoms with Crippen molar-refractivity contribution < 1.29 is 9.59 Å². The monoisotopic (exact) mass is 243 g/mol. The second kappa shape index (κ2) is 7.71. The Bertz CT molecular complexity index is 243. The molecule has 1 heterocycles. The summed E-state index contributed by atoms with van der Waals surface area (Å²) in [4.78, 5) is 24.3. The zero-order chi connectivity index (χ0) is 11.8. The number of amides is 1. The van der Waals surface area contributed by atoms with Gasteiger partial charge in [-0.2, -0.15) is 11.8 Å². The van der Waals surface area contributed by atoms with Crippen molar-refractivity contribution >= 4 is 23.5 Å². The minimum Gasteiger partial charge on any atom is -0.342 e. The van der Waals surface area contributed by atoms with Crippen molar-refractivity contribution in [2.45, 2.75) is 38.5 Å². The molecule has 0 saturated carbocycles. The van der Waals surface area contributed by atoms with Crippen LogP contribution in [-0.4, -0.2) is 41.7 Å². The molecule has 0 aromatic heterocycles. The number of likely N-dealkylation sites (tertiary alicyclic amines) is 1. The molecule has 0 radical (unpaired) electrons. The minimum absolute atomic E-state index is 0.0281. The van der Waals surface area contributed by atoms with E-state index in [0.29, 0.717) is 13.0 Å². The Morgan fingerprint density at radius 1 is 1.19 bits per heavy atom. The summed E-state index contributed by atoms with van der Waals surface area (Å²) in [5.41, 5.74) is 0. The van der Waals surface area contributed by atoms with E-state index in [-0.39, 0.29) is 18.1 Å². The van der Waals surface area contributed by atoms with Crippen LogP contribution in [0.1, 0.15) is 38.5 Å². The molecule has 0 aromatic carbocycles. The Balaban J connectivity index is 2.04. The number of carbonyl (C=O) groups excluding carboxylic acids is 2. The number of nitrogens with zero attached hydrogens (tertiary/aromatic N) is 1. The Morgan fingerprint density at radius 2 is 1.94 bits per heavy atom. The molecule has 92 valence electrons. The van der Waals surface area contributed by atoms with E-state index in [1.807, 2.05) is 16.7 Å². The highest BCUT2D eigenvalue weighted by molar-refractivity contribution is 7.98. The third kappa shape index (κ3) is 5.01. The van der Waals surface area contributed by atoms with Gasteiger partial charge in [0.05, 0.1) is 6.42 Å². The summed E-state index contributed by atoms with van der Waals surface area (Å²) < 4.78 is 0. The van der Waals surface area contributed by atoms with Gasteiger partial charge in [-0.05, 0) is 24.9 Å². The largest absolute Gasteiger partial charge is 0.342 e. The molecule has 0 N–H and O–H groups in total. The summed E-state index contributed by atoms with van der Waals surface area (Å²) in [6.07, 6.45) is 7.61. The van der Waals surface area contributed by atoms with Gasteiger partial charge in [0.2, 0.25) is 5.91 Å². The number of unbranched alkanes of at least 4 members (excludes halogenated alkanes) is 3. The average molecular weight is 243 g/mol. The molecule has 0 aliphatic carbocycles. The number of carbonyl (C=O) groups is 2. The van der Waals surface area contributed by atoms with E-state index in [2.05, 4.69) is 6.26 Å². The molecule has 0 aromatic rings. The molecule has 0 spiro atoms. The van der Waals surface area contributed by atoms with Crippen LogP contribution in [0.25, 0.3) is 0 Å². The van der Waals surface area contributed by atoms with Crippen molar-refractivity contribution in [1.29, 1.82) is 0 Å². The minimum atomic E-state index is 0.0281. The molecule has 1 amide bonds. The van der Waals surface area contributed by atoms with Crippen molar-refractivity contribution in [3.8, 4) is 0 Å². The SMILES string of the molecule is CSCCCCCCN1CCC(=O)CC1=O. The second-order valence-corrected chi connectivity index (χ2v) is 5.24. The normalized spacial score (nSPS) is 16.9. The number of thioether (sulfide) groups is 1. The lowest BCUT2D eigenvalue weighted by molar-refractivity contribution is -0.139. The molecule has 3 nitrogen and oxygen atoms in total. The summed E-state index contributed by atoms with van der Waals surface area (Å²) in [6, 6.07) is 0. The summed E-state index contributed by atoms with van der Waals surface area (Å²) in [6.45, 7) is 1.48. The smallest absolute Gasteiger partial charge is 0.230 e. The Hall–Kier alpha value is -0.510. The first-order chi connectivity index (χ1) is 7.74. The molecule has 0 unspecified atom stereocenters. The van der Waals surface area contributed by atoms with Gasteiger partial charge in [0.15, 0.2) is 0 Å². The van der Waals surface area contributed by atoms with E-state index in [4.69, 9.17) is 0 Å². The van der Waals surface area contributed by atoms with Crippen LogP contribution in [0.2, 0.25) is 0 Å². The van der Waals surface area contributed by atoms with E-state index in [9.17, 15) is 9.59 Å². The molecule has 1 aliphatic heterocycles. The van der Waals surface area contributed by atoms with Gasteiger partial charge in [-0.25, -0.2) is 0 Å². The van der Waals surface area contributed by atoms with E-state index in [1.54, 1.807) is 0 Å². The quantitative estimate of drug-likeness (QED) is 0.507. The first-order valence-corrected chi connectivity index (χ1v) is 7.42.